The van der Waals surface area contributed by atoms with Gasteiger partial charge < -0.3 is 9.88 Å². The Kier molecular flexibility index (Phi) is 4.32. The Morgan fingerprint density at radius 2 is 2.11 bits per heavy atom. The number of hydrogen-bond donors (Lipinski definition) is 1. The van der Waals surface area contributed by atoms with E-state index in [1.165, 1.54) is 11.3 Å². The van der Waals surface area contributed by atoms with Crippen molar-refractivity contribution in [1.29, 1.82) is 0 Å². The second-order valence-electron chi connectivity index (χ2n) is 4.53. The van der Waals surface area contributed by atoms with Gasteiger partial charge in [0.25, 0.3) is 0 Å². The van der Waals surface area contributed by atoms with Gasteiger partial charge in [-0.2, -0.15) is 0 Å². The predicted molar refractivity (Wildman–Crippen MR) is 78.2 cm³/mol. The first-order valence-corrected chi connectivity index (χ1v) is 6.72. The number of halogens is 1. The van der Waals surface area contributed by atoms with E-state index < -0.39 is 0 Å². The first-order chi connectivity index (χ1) is 8.70. The van der Waals surface area contributed by atoms with Crippen LogP contribution in [0.3, 0.4) is 0 Å². The van der Waals surface area contributed by atoms with Gasteiger partial charge >= 0.3 is 0 Å². The summed E-state index contributed by atoms with van der Waals surface area (Å²) in [6.45, 7) is 6.09. The zero-order valence-electron chi connectivity index (χ0n) is 10.9. The van der Waals surface area contributed by atoms with E-state index >= 15 is 0 Å². The average Bonchev–Trinajstić information content (AvgIpc) is 2.76. The van der Waals surface area contributed by atoms with Crippen LogP contribution in [0.2, 0.25) is 5.02 Å². The Balaban J connectivity index is 2.04. The molecular weight excluding hydrogens is 244 g/mol. The maximum atomic E-state index is 6.20. The molecule has 2 aromatic rings. The van der Waals surface area contributed by atoms with Crippen LogP contribution in [-0.4, -0.2) is 4.57 Å². The zero-order chi connectivity index (χ0) is 13.0. The summed E-state index contributed by atoms with van der Waals surface area (Å²) < 4.78 is 2.27. The second kappa shape index (κ2) is 5.96. The van der Waals surface area contributed by atoms with Crippen molar-refractivity contribution in [1.82, 2.24) is 4.57 Å². The molecule has 0 radical (unpaired) electrons. The van der Waals surface area contributed by atoms with E-state index in [9.17, 15) is 0 Å². The summed E-state index contributed by atoms with van der Waals surface area (Å²) in [5.41, 5.74) is 3.46. The number of nitrogens with zero attached hydrogens (tertiary/aromatic N) is 1. The number of aryl methyl sites for hydroxylation is 2. The van der Waals surface area contributed by atoms with Crippen LogP contribution in [0.1, 0.15) is 24.6 Å². The molecule has 1 N–H and O–H groups in total. The minimum Gasteiger partial charge on any atom is -0.378 e. The summed E-state index contributed by atoms with van der Waals surface area (Å²) in [4.78, 5) is 0. The van der Waals surface area contributed by atoms with Crippen molar-refractivity contribution in [3.63, 3.8) is 0 Å². The lowest BCUT2D eigenvalue weighted by atomic mass is 10.2. The van der Waals surface area contributed by atoms with Crippen LogP contribution >= 0.6 is 11.6 Å². The summed E-state index contributed by atoms with van der Waals surface area (Å²) in [5.74, 6) is 0. The summed E-state index contributed by atoms with van der Waals surface area (Å²) in [6.07, 6.45) is 3.27. The minimum atomic E-state index is 0.781. The first-order valence-electron chi connectivity index (χ1n) is 6.34. The van der Waals surface area contributed by atoms with Gasteiger partial charge in [-0.15, -0.1) is 0 Å². The maximum absolute atomic E-state index is 6.20. The van der Waals surface area contributed by atoms with Crippen molar-refractivity contribution >= 4 is 17.3 Å². The molecule has 0 atom stereocenters. The standard InChI is InChI=1S/C15H19ClN2/c1-3-8-18-9-4-5-13(18)11-17-15-7-6-12(2)10-14(15)16/h4-7,9-10,17H,3,8,11H2,1-2H3. The zero-order valence-corrected chi connectivity index (χ0v) is 11.7. The van der Waals surface area contributed by atoms with E-state index in [-0.39, 0.29) is 0 Å². The van der Waals surface area contributed by atoms with Crippen LogP contribution in [0.25, 0.3) is 0 Å². The van der Waals surface area contributed by atoms with Gasteiger partial charge in [0, 0.05) is 18.4 Å². The van der Waals surface area contributed by atoms with E-state index in [1.54, 1.807) is 0 Å². The molecule has 0 saturated carbocycles. The highest BCUT2D eigenvalue weighted by Crippen LogP contribution is 2.23. The van der Waals surface area contributed by atoms with Crippen LogP contribution in [0.15, 0.2) is 36.5 Å². The number of rotatable bonds is 5. The Labute approximate surface area is 114 Å². The third kappa shape index (κ3) is 3.08. The number of hydrogen-bond acceptors (Lipinski definition) is 1. The van der Waals surface area contributed by atoms with Crippen molar-refractivity contribution in [2.75, 3.05) is 5.32 Å². The van der Waals surface area contributed by atoms with Crippen molar-refractivity contribution < 1.29 is 0 Å². The van der Waals surface area contributed by atoms with Crippen molar-refractivity contribution in [3.8, 4) is 0 Å². The molecule has 0 spiro atoms. The summed E-state index contributed by atoms with van der Waals surface area (Å²) in [7, 11) is 0. The molecule has 0 amide bonds. The molecule has 18 heavy (non-hydrogen) atoms. The van der Waals surface area contributed by atoms with Crippen LogP contribution in [0, 0.1) is 6.92 Å². The second-order valence-corrected chi connectivity index (χ2v) is 4.94. The molecule has 1 aromatic heterocycles. The predicted octanol–water partition coefficient (Wildman–Crippen LogP) is 4.47. The number of nitrogens with one attached hydrogen (secondary N) is 1. The van der Waals surface area contributed by atoms with Crippen molar-refractivity contribution in [3.05, 3.63) is 52.8 Å². The molecule has 0 saturated heterocycles. The van der Waals surface area contributed by atoms with Gasteiger partial charge in [0.15, 0.2) is 0 Å². The number of aromatic nitrogens is 1. The fourth-order valence-electron chi connectivity index (χ4n) is 2.02. The molecule has 1 aromatic carbocycles. The maximum Gasteiger partial charge on any atom is 0.0640 e. The summed E-state index contributed by atoms with van der Waals surface area (Å²) in [5, 5.41) is 4.17. The highest BCUT2D eigenvalue weighted by atomic mass is 35.5. The fraction of sp³-hybridized carbons (Fsp3) is 0.333. The molecule has 0 aliphatic rings. The Bertz CT molecular complexity index is 517. The molecule has 2 nitrogen and oxygen atoms in total. The van der Waals surface area contributed by atoms with Crippen molar-refractivity contribution in [2.45, 2.75) is 33.4 Å². The highest BCUT2D eigenvalue weighted by molar-refractivity contribution is 6.33. The minimum absolute atomic E-state index is 0.781. The lowest BCUT2D eigenvalue weighted by molar-refractivity contribution is 0.654. The van der Waals surface area contributed by atoms with E-state index in [2.05, 4.69) is 41.2 Å². The molecule has 0 unspecified atom stereocenters. The lowest BCUT2D eigenvalue weighted by Crippen LogP contribution is -2.07. The van der Waals surface area contributed by atoms with Crippen LogP contribution < -0.4 is 5.32 Å². The highest BCUT2D eigenvalue weighted by Gasteiger charge is 2.03. The van der Waals surface area contributed by atoms with E-state index in [1.807, 2.05) is 19.1 Å². The molecule has 0 bridgehead atoms. The van der Waals surface area contributed by atoms with Crippen LogP contribution in [-0.2, 0) is 13.1 Å². The van der Waals surface area contributed by atoms with Crippen LogP contribution in [0.4, 0.5) is 5.69 Å². The number of benzene rings is 1. The Morgan fingerprint density at radius 3 is 2.83 bits per heavy atom. The van der Waals surface area contributed by atoms with Gasteiger partial charge in [0.1, 0.15) is 0 Å². The molecular formula is C15H19ClN2. The quantitative estimate of drug-likeness (QED) is 0.841. The van der Waals surface area contributed by atoms with Crippen LogP contribution in [0.5, 0.6) is 0 Å². The first kappa shape index (κ1) is 13.0. The molecule has 0 fully saturated rings. The van der Waals surface area contributed by atoms with Crippen molar-refractivity contribution in [2.24, 2.45) is 0 Å². The SMILES string of the molecule is CCCn1cccc1CNc1ccc(C)cc1Cl. The largest absolute Gasteiger partial charge is 0.378 e. The van der Waals surface area contributed by atoms with Gasteiger partial charge in [0.05, 0.1) is 17.3 Å². The van der Waals surface area contributed by atoms with Gasteiger partial charge in [-0.1, -0.05) is 24.6 Å². The van der Waals surface area contributed by atoms with Gasteiger partial charge in [-0.3, -0.25) is 0 Å². The Morgan fingerprint density at radius 1 is 1.28 bits per heavy atom. The van der Waals surface area contributed by atoms with Gasteiger partial charge in [-0.05, 0) is 43.2 Å². The lowest BCUT2D eigenvalue weighted by Gasteiger charge is -2.11. The molecule has 3 heteroatoms. The molecule has 2 rings (SSSR count). The topological polar surface area (TPSA) is 17.0 Å². The Hall–Kier alpha value is -1.41. The van der Waals surface area contributed by atoms with E-state index in [0.717, 1.165) is 30.2 Å². The smallest absolute Gasteiger partial charge is 0.0640 e. The summed E-state index contributed by atoms with van der Waals surface area (Å²) in [6, 6.07) is 10.3. The number of anilines is 1. The molecule has 96 valence electrons. The van der Waals surface area contributed by atoms with Gasteiger partial charge in [-0.25, -0.2) is 0 Å². The van der Waals surface area contributed by atoms with E-state index in [0.29, 0.717) is 0 Å². The third-order valence-corrected chi connectivity index (χ3v) is 3.29. The molecule has 0 aliphatic heterocycles. The fourth-order valence-corrected chi connectivity index (χ4v) is 2.32. The summed E-state index contributed by atoms with van der Waals surface area (Å²) >= 11 is 6.20. The third-order valence-electron chi connectivity index (χ3n) is 2.97. The normalized spacial score (nSPS) is 10.6. The average molecular weight is 263 g/mol. The van der Waals surface area contributed by atoms with E-state index in [4.69, 9.17) is 11.6 Å². The van der Waals surface area contributed by atoms with Gasteiger partial charge in [0.2, 0.25) is 0 Å². The molecule has 1 heterocycles. The molecule has 0 aliphatic carbocycles. The monoisotopic (exact) mass is 262 g/mol.